The Hall–Kier alpha value is -0.800. The van der Waals surface area contributed by atoms with E-state index in [1.54, 1.807) is 7.11 Å². The van der Waals surface area contributed by atoms with E-state index in [0.717, 1.165) is 12.1 Å². The van der Waals surface area contributed by atoms with Crippen LogP contribution in [0.2, 0.25) is 0 Å². The van der Waals surface area contributed by atoms with E-state index in [1.807, 2.05) is 39.2 Å². The molecule has 0 aromatic carbocycles. The van der Waals surface area contributed by atoms with Crippen molar-refractivity contribution in [3.8, 4) is 0 Å². The van der Waals surface area contributed by atoms with Crippen molar-refractivity contribution >= 4 is 0 Å². The fourth-order valence-electron chi connectivity index (χ4n) is 1.50. The predicted molar refractivity (Wildman–Crippen MR) is 60.7 cm³/mol. The lowest BCUT2D eigenvalue weighted by Gasteiger charge is -2.13. The van der Waals surface area contributed by atoms with Crippen molar-refractivity contribution in [1.82, 2.24) is 4.57 Å². The van der Waals surface area contributed by atoms with Crippen molar-refractivity contribution in [3.63, 3.8) is 0 Å². The molecule has 3 heteroatoms. The van der Waals surface area contributed by atoms with Gasteiger partial charge in [-0.1, -0.05) is 13.8 Å². The van der Waals surface area contributed by atoms with E-state index in [4.69, 9.17) is 4.74 Å². The third-order valence-electron chi connectivity index (χ3n) is 2.62. The van der Waals surface area contributed by atoms with Gasteiger partial charge in [0.15, 0.2) is 0 Å². The Bertz CT molecular complexity index is 294. The summed E-state index contributed by atoms with van der Waals surface area (Å²) in [6, 6.07) is 1.97. The van der Waals surface area contributed by atoms with Gasteiger partial charge in [0.05, 0.1) is 12.2 Å². The number of aliphatic hydroxyl groups is 1. The quantitative estimate of drug-likeness (QED) is 0.810. The van der Waals surface area contributed by atoms with Gasteiger partial charge in [0, 0.05) is 26.0 Å². The number of methoxy groups -OCH3 is 1. The SMILES string of the molecule is COC(C)Cn1ccc(C(O)C(C)C)c1. The summed E-state index contributed by atoms with van der Waals surface area (Å²) in [6.07, 6.45) is 3.79. The number of rotatable bonds is 5. The molecule has 0 saturated heterocycles. The summed E-state index contributed by atoms with van der Waals surface area (Å²) in [6.45, 7) is 6.87. The van der Waals surface area contributed by atoms with Crippen molar-refractivity contribution in [2.75, 3.05) is 7.11 Å². The van der Waals surface area contributed by atoms with E-state index in [2.05, 4.69) is 4.57 Å². The first-order valence-electron chi connectivity index (χ1n) is 5.41. The molecule has 1 aromatic heterocycles. The molecule has 0 radical (unpaired) electrons. The first-order valence-corrected chi connectivity index (χ1v) is 5.41. The highest BCUT2D eigenvalue weighted by molar-refractivity contribution is 5.14. The van der Waals surface area contributed by atoms with Crippen LogP contribution >= 0.6 is 0 Å². The second kappa shape index (κ2) is 5.33. The van der Waals surface area contributed by atoms with Gasteiger partial charge in [-0.2, -0.15) is 0 Å². The number of aliphatic hydroxyl groups excluding tert-OH is 1. The van der Waals surface area contributed by atoms with Crippen molar-refractivity contribution in [3.05, 3.63) is 24.0 Å². The average molecular weight is 211 g/mol. The zero-order chi connectivity index (χ0) is 11.4. The van der Waals surface area contributed by atoms with Gasteiger partial charge in [-0.25, -0.2) is 0 Å². The standard InChI is InChI=1S/C12H21NO2/c1-9(2)12(14)11-5-6-13(8-11)7-10(3)15-4/h5-6,8-10,12,14H,7H2,1-4H3. The van der Waals surface area contributed by atoms with Crippen LogP contribution < -0.4 is 0 Å². The Morgan fingerprint density at radius 3 is 2.60 bits per heavy atom. The molecule has 0 bridgehead atoms. The average Bonchev–Trinajstić information content (AvgIpc) is 2.64. The van der Waals surface area contributed by atoms with Gasteiger partial charge in [-0.05, 0) is 24.5 Å². The van der Waals surface area contributed by atoms with E-state index in [1.165, 1.54) is 0 Å². The summed E-state index contributed by atoms with van der Waals surface area (Å²) >= 11 is 0. The van der Waals surface area contributed by atoms with Crippen molar-refractivity contribution in [2.45, 2.75) is 39.5 Å². The maximum atomic E-state index is 9.86. The minimum atomic E-state index is -0.371. The van der Waals surface area contributed by atoms with Gasteiger partial charge >= 0.3 is 0 Å². The highest BCUT2D eigenvalue weighted by Crippen LogP contribution is 2.21. The third kappa shape index (κ3) is 3.36. The minimum absolute atomic E-state index is 0.196. The topological polar surface area (TPSA) is 34.4 Å². The molecule has 1 rings (SSSR count). The monoisotopic (exact) mass is 211 g/mol. The Kier molecular flexibility index (Phi) is 4.36. The molecule has 1 heterocycles. The highest BCUT2D eigenvalue weighted by Gasteiger charge is 2.13. The zero-order valence-electron chi connectivity index (χ0n) is 9.97. The predicted octanol–water partition coefficient (Wildman–Crippen LogP) is 2.21. The lowest BCUT2D eigenvalue weighted by Crippen LogP contribution is -2.13. The highest BCUT2D eigenvalue weighted by atomic mass is 16.5. The van der Waals surface area contributed by atoms with Crippen LogP contribution in [0, 0.1) is 5.92 Å². The summed E-state index contributed by atoms with van der Waals surface area (Å²) in [5, 5.41) is 9.86. The number of hydrogen-bond acceptors (Lipinski definition) is 2. The second-order valence-corrected chi connectivity index (χ2v) is 4.38. The summed E-state index contributed by atoms with van der Waals surface area (Å²) < 4.78 is 7.24. The van der Waals surface area contributed by atoms with Crippen molar-refractivity contribution in [1.29, 1.82) is 0 Å². The van der Waals surface area contributed by atoms with Gasteiger partial charge in [0.1, 0.15) is 0 Å². The zero-order valence-corrected chi connectivity index (χ0v) is 9.97. The van der Waals surface area contributed by atoms with Gasteiger partial charge in [-0.15, -0.1) is 0 Å². The van der Waals surface area contributed by atoms with Crippen LogP contribution in [-0.4, -0.2) is 22.9 Å². The molecule has 1 aromatic rings. The molecular weight excluding hydrogens is 190 g/mol. The normalized spacial score (nSPS) is 15.6. The molecular formula is C12H21NO2. The molecule has 2 atom stereocenters. The molecule has 86 valence electrons. The van der Waals surface area contributed by atoms with E-state index in [-0.39, 0.29) is 18.1 Å². The number of nitrogens with zero attached hydrogens (tertiary/aromatic N) is 1. The molecule has 1 N–H and O–H groups in total. The summed E-state index contributed by atoms with van der Waals surface area (Å²) in [4.78, 5) is 0. The van der Waals surface area contributed by atoms with Crippen LogP contribution in [0.4, 0.5) is 0 Å². The van der Waals surface area contributed by atoms with E-state index in [9.17, 15) is 5.11 Å². The molecule has 2 unspecified atom stereocenters. The molecule has 0 aliphatic rings. The van der Waals surface area contributed by atoms with E-state index >= 15 is 0 Å². The minimum Gasteiger partial charge on any atom is -0.388 e. The molecule has 0 spiro atoms. The molecule has 0 saturated carbocycles. The molecule has 15 heavy (non-hydrogen) atoms. The molecule has 0 aliphatic heterocycles. The Balaban J connectivity index is 2.63. The lowest BCUT2D eigenvalue weighted by molar-refractivity contribution is 0.103. The fourth-order valence-corrected chi connectivity index (χ4v) is 1.50. The fraction of sp³-hybridized carbons (Fsp3) is 0.667. The number of ether oxygens (including phenoxy) is 1. The maximum Gasteiger partial charge on any atom is 0.0827 e. The largest absolute Gasteiger partial charge is 0.388 e. The maximum absolute atomic E-state index is 9.86. The lowest BCUT2D eigenvalue weighted by atomic mass is 10.0. The smallest absolute Gasteiger partial charge is 0.0827 e. The summed E-state index contributed by atoms with van der Waals surface area (Å²) in [5.41, 5.74) is 0.980. The van der Waals surface area contributed by atoms with Gasteiger partial charge in [0.2, 0.25) is 0 Å². The van der Waals surface area contributed by atoms with Crippen LogP contribution in [0.5, 0.6) is 0 Å². The Morgan fingerprint density at radius 2 is 2.07 bits per heavy atom. The third-order valence-corrected chi connectivity index (χ3v) is 2.62. The van der Waals surface area contributed by atoms with Crippen LogP contribution in [0.1, 0.15) is 32.4 Å². The summed E-state index contributed by atoms with van der Waals surface area (Å²) in [5.74, 6) is 0.251. The number of aromatic nitrogens is 1. The first-order chi connectivity index (χ1) is 7.04. The first kappa shape index (κ1) is 12.3. The van der Waals surface area contributed by atoms with Crippen LogP contribution in [-0.2, 0) is 11.3 Å². The Labute approximate surface area is 91.7 Å². The molecule has 0 fully saturated rings. The Morgan fingerprint density at radius 1 is 1.40 bits per heavy atom. The van der Waals surface area contributed by atoms with Gasteiger partial charge in [-0.3, -0.25) is 0 Å². The summed E-state index contributed by atoms with van der Waals surface area (Å²) in [7, 11) is 1.71. The second-order valence-electron chi connectivity index (χ2n) is 4.38. The van der Waals surface area contributed by atoms with Gasteiger partial charge in [0.25, 0.3) is 0 Å². The van der Waals surface area contributed by atoms with E-state index < -0.39 is 0 Å². The van der Waals surface area contributed by atoms with E-state index in [0.29, 0.717) is 0 Å². The van der Waals surface area contributed by atoms with Crippen molar-refractivity contribution in [2.24, 2.45) is 5.92 Å². The molecule has 3 nitrogen and oxygen atoms in total. The molecule has 0 amide bonds. The van der Waals surface area contributed by atoms with Crippen LogP contribution in [0.25, 0.3) is 0 Å². The number of hydrogen-bond donors (Lipinski definition) is 1. The van der Waals surface area contributed by atoms with Crippen molar-refractivity contribution < 1.29 is 9.84 Å². The van der Waals surface area contributed by atoms with Crippen LogP contribution in [0.15, 0.2) is 18.5 Å². The van der Waals surface area contributed by atoms with Crippen LogP contribution in [0.3, 0.4) is 0 Å². The van der Waals surface area contributed by atoms with Gasteiger partial charge < -0.3 is 14.4 Å². The molecule has 0 aliphatic carbocycles.